The van der Waals surface area contributed by atoms with Crippen LogP contribution in [0, 0.1) is 6.92 Å². The van der Waals surface area contributed by atoms with Gasteiger partial charge in [-0.05, 0) is 42.8 Å². The van der Waals surface area contributed by atoms with Crippen LogP contribution in [0.25, 0.3) is 5.69 Å². The Kier molecular flexibility index (Phi) is 5.00. The summed E-state index contributed by atoms with van der Waals surface area (Å²) in [5.41, 5.74) is 9.37. The summed E-state index contributed by atoms with van der Waals surface area (Å²) in [5, 5.41) is 8.57. The topological polar surface area (TPSA) is 81.2 Å². The molecule has 1 saturated heterocycles. The van der Waals surface area contributed by atoms with Gasteiger partial charge in [0.1, 0.15) is 0 Å². The van der Waals surface area contributed by atoms with Gasteiger partial charge in [-0.15, -0.1) is 0 Å². The molecular weight excluding hydrogens is 372 g/mol. The normalized spacial score (nSPS) is 16.9. The Morgan fingerprint density at radius 3 is 2.64 bits per heavy atom. The molecule has 2 aromatic heterocycles. The van der Waals surface area contributed by atoms with Crippen LogP contribution >= 0.6 is 11.3 Å². The van der Waals surface area contributed by atoms with Crippen molar-refractivity contribution < 1.29 is 9.59 Å². The van der Waals surface area contributed by atoms with E-state index in [-0.39, 0.29) is 11.8 Å². The van der Waals surface area contributed by atoms with E-state index in [4.69, 9.17) is 5.73 Å². The quantitative estimate of drug-likeness (QED) is 0.737. The maximum absolute atomic E-state index is 12.9. The summed E-state index contributed by atoms with van der Waals surface area (Å²) < 4.78 is 1.69. The van der Waals surface area contributed by atoms with E-state index in [9.17, 15) is 9.59 Å². The highest BCUT2D eigenvalue weighted by atomic mass is 32.1. The van der Waals surface area contributed by atoms with Gasteiger partial charge in [0.25, 0.3) is 11.8 Å². The average Bonchev–Trinajstić information content (AvgIpc) is 3.35. The van der Waals surface area contributed by atoms with Gasteiger partial charge in [-0.1, -0.05) is 18.2 Å². The number of nitrogens with two attached hydrogens (primary N) is 1. The van der Waals surface area contributed by atoms with Gasteiger partial charge in [0.05, 0.1) is 22.5 Å². The number of rotatable bonds is 4. The van der Waals surface area contributed by atoms with Crippen LogP contribution in [0.5, 0.6) is 0 Å². The molecule has 0 aliphatic carbocycles. The number of likely N-dealkylation sites (tertiary alicyclic amines) is 1. The molecule has 1 aliphatic heterocycles. The predicted molar refractivity (Wildman–Crippen MR) is 109 cm³/mol. The van der Waals surface area contributed by atoms with Gasteiger partial charge in [0, 0.05) is 30.6 Å². The van der Waals surface area contributed by atoms with Crippen molar-refractivity contribution in [2.45, 2.75) is 25.7 Å². The van der Waals surface area contributed by atoms with E-state index in [0.29, 0.717) is 17.8 Å². The molecule has 1 aromatic carbocycles. The Morgan fingerprint density at radius 1 is 1.18 bits per heavy atom. The highest BCUT2D eigenvalue weighted by Gasteiger charge is 2.30. The number of carbonyl (C=O) groups is 2. The number of amides is 2. The first-order valence-corrected chi connectivity index (χ1v) is 10.3. The fourth-order valence-corrected chi connectivity index (χ4v) is 4.55. The van der Waals surface area contributed by atoms with Crippen molar-refractivity contribution in [1.82, 2.24) is 14.7 Å². The van der Waals surface area contributed by atoms with Crippen molar-refractivity contribution in [3.63, 3.8) is 0 Å². The van der Waals surface area contributed by atoms with E-state index in [2.05, 4.69) is 5.10 Å². The van der Waals surface area contributed by atoms with Gasteiger partial charge in [0.15, 0.2) is 0 Å². The molecule has 0 saturated carbocycles. The molecule has 3 heterocycles. The van der Waals surface area contributed by atoms with Crippen molar-refractivity contribution in [2.24, 2.45) is 5.73 Å². The van der Waals surface area contributed by atoms with Crippen LogP contribution in [-0.2, 0) is 0 Å². The second-order valence-corrected chi connectivity index (χ2v) is 7.87. The Labute approximate surface area is 167 Å². The summed E-state index contributed by atoms with van der Waals surface area (Å²) in [5.74, 6) is -0.454. The molecule has 1 aliphatic rings. The van der Waals surface area contributed by atoms with Crippen molar-refractivity contribution in [3.05, 3.63) is 69.7 Å². The molecule has 3 aromatic rings. The minimum absolute atomic E-state index is 0.0101. The first kappa shape index (κ1) is 18.4. The number of aromatic nitrogens is 2. The number of para-hydroxylation sites is 1. The Balaban J connectivity index is 1.63. The molecule has 0 spiro atoms. The zero-order valence-electron chi connectivity index (χ0n) is 15.7. The minimum Gasteiger partial charge on any atom is -0.365 e. The van der Waals surface area contributed by atoms with Crippen LogP contribution in [0.3, 0.4) is 0 Å². The van der Waals surface area contributed by atoms with E-state index in [1.165, 1.54) is 11.3 Å². The molecule has 7 heteroatoms. The van der Waals surface area contributed by atoms with E-state index < -0.39 is 5.91 Å². The third-order valence-electron chi connectivity index (χ3n) is 5.21. The van der Waals surface area contributed by atoms with E-state index >= 15 is 0 Å². The molecule has 28 heavy (non-hydrogen) atoms. The number of hydrogen-bond donors (Lipinski definition) is 1. The van der Waals surface area contributed by atoms with Gasteiger partial charge in [0.2, 0.25) is 0 Å². The van der Waals surface area contributed by atoms with Crippen LogP contribution in [0.4, 0.5) is 0 Å². The number of piperidine rings is 1. The standard InChI is InChI=1S/C21H22N4O2S/c1-14-12-28-13-18(14)21(27)24-9-5-6-15(10-24)19-17(20(22)26)11-25(23-19)16-7-3-2-4-8-16/h2-4,7-8,11-13,15H,5-6,9-10H2,1H3,(H2,22,26)/t15-/m0/s1. The Morgan fingerprint density at radius 2 is 1.96 bits per heavy atom. The molecule has 144 valence electrons. The van der Waals surface area contributed by atoms with Crippen LogP contribution in [-0.4, -0.2) is 39.6 Å². The fraction of sp³-hybridized carbons (Fsp3) is 0.286. The lowest BCUT2D eigenvalue weighted by atomic mass is 9.92. The van der Waals surface area contributed by atoms with Crippen LogP contribution in [0.2, 0.25) is 0 Å². The summed E-state index contributed by atoms with van der Waals surface area (Å²) in [6.07, 6.45) is 3.44. The number of primary amides is 1. The zero-order chi connectivity index (χ0) is 19.7. The number of nitrogens with zero attached hydrogens (tertiary/aromatic N) is 3. The van der Waals surface area contributed by atoms with Crippen LogP contribution in [0.15, 0.2) is 47.3 Å². The highest BCUT2D eigenvalue weighted by molar-refractivity contribution is 7.08. The molecule has 4 rings (SSSR count). The maximum Gasteiger partial charge on any atom is 0.254 e. The lowest BCUT2D eigenvalue weighted by Gasteiger charge is -2.32. The van der Waals surface area contributed by atoms with E-state index in [1.807, 2.05) is 52.9 Å². The first-order valence-electron chi connectivity index (χ1n) is 9.31. The number of aryl methyl sites for hydroxylation is 1. The summed E-state index contributed by atoms with van der Waals surface area (Å²) >= 11 is 1.54. The molecule has 2 N–H and O–H groups in total. The molecule has 1 atom stereocenters. The second kappa shape index (κ2) is 7.59. The zero-order valence-corrected chi connectivity index (χ0v) is 16.5. The molecule has 1 fully saturated rings. The number of hydrogen-bond acceptors (Lipinski definition) is 4. The average molecular weight is 395 g/mol. The third-order valence-corrected chi connectivity index (χ3v) is 6.07. The fourth-order valence-electron chi connectivity index (χ4n) is 3.73. The van der Waals surface area contributed by atoms with Gasteiger partial charge in [-0.3, -0.25) is 9.59 Å². The van der Waals surface area contributed by atoms with Gasteiger partial charge >= 0.3 is 0 Å². The van der Waals surface area contributed by atoms with Gasteiger partial charge < -0.3 is 10.6 Å². The number of thiophene rings is 1. The monoisotopic (exact) mass is 394 g/mol. The van der Waals surface area contributed by atoms with Crippen molar-refractivity contribution in [2.75, 3.05) is 13.1 Å². The Hall–Kier alpha value is -2.93. The number of carbonyl (C=O) groups excluding carboxylic acids is 2. The van der Waals surface area contributed by atoms with Gasteiger partial charge in [-0.25, -0.2) is 4.68 Å². The summed E-state index contributed by atoms with van der Waals surface area (Å²) in [7, 11) is 0. The molecule has 2 amide bonds. The maximum atomic E-state index is 12.9. The Bertz CT molecular complexity index is 1010. The summed E-state index contributed by atoms with van der Waals surface area (Å²) in [6, 6.07) is 9.63. The van der Waals surface area contributed by atoms with Crippen molar-refractivity contribution in [1.29, 1.82) is 0 Å². The minimum atomic E-state index is -0.491. The third kappa shape index (κ3) is 3.45. The van der Waals surface area contributed by atoms with Crippen molar-refractivity contribution in [3.8, 4) is 5.69 Å². The van der Waals surface area contributed by atoms with Crippen LogP contribution < -0.4 is 5.73 Å². The molecular formula is C21H22N4O2S. The SMILES string of the molecule is Cc1cscc1C(=O)N1CCC[C@H](c2nn(-c3ccccc3)cc2C(N)=O)C1. The molecule has 6 nitrogen and oxygen atoms in total. The lowest BCUT2D eigenvalue weighted by Crippen LogP contribution is -2.39. The van der Waals surface area contributed by atoms with E-state index in [1.54, 1.807) is 10.9 Å². The predicted octanol–water partition coefficient (Wildman–Crippen LogP) is 3.36. The van der Waals surface area contributed by atoms with Gasteiger partial charge in [-0.2, -0.15) is 16.4 Å². The summed E-state index contributed by atoms with van der Waals surface area (Å²) in [4.78, 5) is 26.8. The van der Waals surface area contributed by atoms with E-state index in [0.717, 1.165) is 36.2 Å². The molecule has 0 unspecified atom stereocenters. The molecule has 0 radical (unpaired) electrons. The second-order valence-electron chi connectivity index (χ2n) is 7.13. The van der Waals surface area contributed by atoms with Crippen molar-refractivity contribution >= 4 is 23.2 Å². The lowest BCUT2D eigenvalue weighted by molar-refractivity contribution is 0.0705. The molecule has 0 bridgehead atoms. The smallest absolute Gasteiger partial charge is 0.254 e. The number of benzene rings is 1. The first-order chi connectivity index (χ1) is 13.5. The van der Waals surface area contributed by atoms with Crippen LogP contribution in [0.1, 0.15) is 50.7 Å². The largest absolute Gasteiger partial charge is 0.365 e. The summed E-state index contributed by atoms with van der Waals surface area (Å²) in [6.45, 7) is 3.22. The highest BCUT2D eigenvalue weighted by Crippen LogP contribution is 2.30.